The molecular weight excluding hydrogens is 212 g/mol. The molecule has 0 radical (unpaired) electrons. The first-order chi connectivity index (χ1) is 8.27. The number of hydrogen-bond acceptors (Lipinski definition) is 2. The molecule has 0 saturated heterocycles. The first-order valence-electron chi connectivity index (χ1n) is 6.92. The van der Waals surface area contributed by atoms with E-state index >= 15 is 0 Å². The van der Waals surface area contributed by atoms with Gasteiger partial charge < -0.3 is 9.67 Å². The summed E-state index contributed by atoms with van der Waals surface area (Å²) in [7, 11) is 0. The van der Waals surface area contributed by atoms with Crippen LogP contribution in [-0.4, -0.2) is 14.7 Å². The molecule has 3 heteroatoms. The van der Waals surface area contributed by atoms with Gasteiger partial charge in [0.25, 0.3) is 0 Å². The van der Waals surface area contributed by atoms with Crippen molar-refractivity contribution in [2.24, 2.45) is 17.8 Å². The fourth-order valence-electron chi connectivity index (χ4n) is 5.09. The number of aliphatic hydroxyl groups is 1. The third-order valence-electron chi connectivity index (χ3n) is 5.35. The van der Waals surface area contributed by atoms with E-state index < -0.39 is 0 Å². The zero-order valence-electron chi connectivity index (χ0n) is 10.2. The highest BCUT2D eigenvalue weighted by atomic mass is 16.3. The first kappa shape index (κ1) is 10.1. The lowest BCUT2D eigenvalue weighted by Crippen LogP contribution is -2.51. The Bertz CT molecular complexity index is 402. The van der Waals surface area contributed by atoms with Gasteiger partial charge in [0.15, 0.2) is 0 Å². The molecule has 4 saturated carbocycles. The molecule has 4 fully saturated rings. The molecule has 5 rings (SSSR count). The average molecular weight is 232 g/mol. The van der Waals surface area contributed by atoms with Gasteiger partial charge in [-0.2, -0.15) is 0 Å². The van der Waals surface area contributed by atoms with Crippen LogP contribution >= 0.6 is 0 Å². The summed E-state index contributed by atoms with van der Waals surface area (Å²) in [5.41, 5.74) is 1.18. The molecule has 0 aromatic carbocycles. The third-order valence-corrected chi connectivity index (χ3v) is 5.35. The van der Waals surface area contributed by atoms with Crippen LogP contribution in [-0.2, 0) is 12.1 Å². The van der Waals surface area contributed by atoms with Crippen LogP contribution in [0, 0.1) is 17.8 Å². The van der Waals surface area contributed by atoms with Gasteiger partial charge in [0.05, 0.1) is 18.6 Å². The van der Waals surface area contributed by atoms with E-state index in [2.05, 4.69) is 15.7 Å². The van der Waals surface area contributed by atoms with E-state index in [4.69, 9.17) is 5.11 Å². The summed E-state index contributed by atoms with van der Waals surface area (Å²) in [6, 6.07) is 0. The van der Waals surface area contributed by atoms with Gasteiger partial charge in [0.2, 0.25) is 0 Å². The Morgan fingerprint density at radius 1 is 1.18 bits per heavy atom. The Labute approximate surface area is 102 Å². The van der Waals surface area contributed by atoms with E-state index in [0.717, 1.165) is 23.4 Å². The van der Waals surface area contributed by atoms with Gasteiger partial charge in [-0.25, -0.2) is 4.98 Å². The minimum absolute atomic E-state index is 0.0688. The summed E-state index contributed by atoms with van der Waals surface area (Å²) in [5.74, 6) is 2.88. The number of aliphatic hydroxyl groups excluding tert-OH is 1. The molecule has 4 bridgehead atoms. The second kappa shape index (κ2) is 3.35. The Morgan fingerprint density at radius 3 is 2.24 bits per heavy atom. The second-order valence-electron chi connectivity index (χ2n) is 6.57. The van der Waals surface area contributed by atoms with Gasteiger partial charge in [0.1, 0.15) is 0 Å². The van der Waals surface area contributed by atoms with Crippen LogP contribution < -0.4 is 0 Å². The maximum absolute atomic E-state index is 9.16. The predicted molar refractivity (Wildman–Crippen MR) is 64.3 cm³/mol. The van der Waals surface area contributed by atoms with E-state index in [1.54, 1.807) is 0 Å². The summed E-state index contributed by atoms with van der Waals surface area (Å²) in [6.07, 6.45) is 12.5. The normalized spacial score (nSPS) is 43.2. The maximum atomic E-state index is 9.16. The fourth-order valence-corrected chi connectivity index (χ4v) is 5.09. The Balaban J connectivity index is 1.72. The molecule has 0 aliphatic heterocycles. The Hall–Kier alpha value is -0.830. The molecule has 17 heavy (non-hydrogen) atoms. The topological polar surface area (TPSA) is 38.0 Å². The third kappa shape index (κ3) is 1.41. The van der Waals surface area contributed by atoms with Crippen molar-refractivity contribution in [3.05, 3.63) is 18.2 Å². The van der Waals surface area contributed by atoms with Crippen molar-refractivity contribution in [2.75, 3.05) is 0 Å². The molecule has 1 heterocycles. The molecule has 0 spiro atoms. The summed E-state index contributed by atoms with van der Waals surface area (Å²) >= 11 is 0. The standard InChI is InChI=1S/C14H20N2O/c17-8-13-7-16(9-15-13)14-4-10-1-11(5-14)3-12(2-10)6-14/h7,9-12,17H,1-6,8H2. The molecule has 0 amide bonds. The van der Waals surface area contributed by atoms with Crippen molar-refractivity contribution in [1.82, 2.24) is 9.55 Å². The van der Waals surface area contributed by atoms with Gasteiger partial charge in [-0.1, -0.05) is 0 Å². The van der Waals surface area contributed by atoms with Crippen LogP contribution in [0.4, 0.5) is 0 Å². The lowest BCUT2D eigenvalue weighted by atomic mass is 9.53. The van der Waals surface area contributed by atoms with E-state index in [9.17, 15) is 0 Å². The minimum Gasteiger partial charge on any atom is -0.390 e. The lowest BCUT2D eigenvalue weighted by molar-refractivity contribution is -0.0431. The quantitative estimate of drug-likeness (QED) is 0.849. The Kier molecular flexibility index (Phi) is 1.99. The summed E-state index contributed by atoms with van der Waals surface area (Å²) in [5, 5.41) is 9.16. The SMILES string of the molecule is OCc1cn(C23CC4CC(CC(C4)C2)C3)cn1. The van der Waals surface area contributed by atoms with Crippen LogP contribution in [0.5, 0.6) is 0 Å². The molecule has 1 N–H and O–H groups in total. The maximum Gasteiger partial charge on any atom is 0.0955 e. The number of nitrogens with zero attached hydrogens (tertiary/aromatic N) is 2. The van der Waals surface area contributed by atoms with Crippen molar-refractivity contribution in [3.63, 3.8) is 0 Å². The first-order valence-corrected chi connectivity index (χ1v) is 6.92. The molecule has 1 aromatic heterocycles. The highest BCUT2D eigenvalue weighted by Gasteiger charge is 2.51. The van der Waals surface area contributed by atoms with Crippen molar-refractivity contribution in [3.8, 4) is 0 Å². The van der Waals surface area contributed by atoms with Crippen molar-refractivity contribution in [2.45, 2.75) is 50.7 Å². The van der Waals surface area contributed by atoms with Crippen molar-refractivity contribution in [1.29, 1.82) is 0 Å². The number of imidazole rings is 1. The summed E-state index contributed by atoms with van der Waals surface area (Å²) in [6.45, 7) is 0.0688. The van der Waals surface area contributed by atoms with Gasteiger partial charge in [-0.3, -0.25) is 0 Å². The Morgan fingerprint density at radius 2 is 1.76 bits per heavy atom. The largest absolute Gasteiger partial charge is 0.390 e. The van der Waals surface area contributed by atoms with E-state index in [1.807, 2.05) is 6.33 Å². The molecule has 4 aliphatic carbocycles. The van der Waals surface area contributed by atoms with Crippen molar-refractivity contribution >= 4 is 0 Å². The molecule has 0 atom stereocenters. The zero-order chi connectivity index (χ0) is 11.5. The average Bonchev–Trinajstić information content (AvgIpc) is 2.76. The van der Waals surface area contributed by atoms with Gasteiger partial charge in [0, 0.05) is 11.7 Å². The highest BCUT2D eigenvalue weighted by molar-refractivity contribution is 5.08. The summed E-state index contributed by atoms with van der Waals surface area (Å²) in [4.78, 5) is 4.30. The molecule has 3 nitrogen and oxygen atoms in total. The minimum atomic E-state index is 0.0688. The molecule has 92 valence electrons. The van der Waals surface area contributed by atoms with Crippen LogP contribution in [0.3, 0.4) is 0 Å². The van der Waals surface area contributed by atoms with Crippen molar-refractivity contribution < 1.29 is 5.11 Å². The van der Waals surface area contributed by atoms with E-state index in [-0.39, 0.29) is 6.61 Å². The monoisotopic (exact) mass is 232 g/mol. The van der Waals surface area contributed by atoms with Crippen LogP contribution in [0.1, 0.15) is 44.2 Å². The number of rotatable bonds is 2. The second-order valence-corrected chi connectivity index (χ2v) is 6.57. The predicted octanol–water partition coefficient (Wildman–Crippen LogP) is 2.30. The number of hydrogen-bond donors (Lipinski definition) is 1. The molecule has 4 aliphatic rings. The fraction of sp³-hybridized carbons (Fsp3) is 0.786. The highest BCUT2D eigenvalue weighted by Crippen LogP contribution is 2.58. The van der Waals surface area contributed by atoms with Gasteiger partial charge in [-0.15, -0.1) is 0 Å². The summed E-state index contributed by atoms with van der Waals surface area (Å²) < 4.78 is 2.34. The smallest absolute Gasteiger partial charge is 0.0955 e. The molecule has 0 unspecified atom stereocenters. The van der Waals surface area contributed by atoms with Gasteiger partial charge >= 0.3 is 0 Å². The van der Waals surface area contributed by atoms with E-state index in [1.165, 1.54) is 38.5 Å². The molecular formula is C14H20N2O. The lowest BCUT2D eigenvalue weighted by Gasteiger charge is -2.57. The zero-order valence-corrected chi connectivity index (χ0v) is 10.2. The number of aromatic nitrogens is 2. The van der Waals surface area contributed by atoms with Crippen LogP contribution in [0.25, 0.3) is 0 Å². The van der Waals surface area contributed by atoms with E-state index in [0.29, 0.717) is 5.54 Å². The van der Waals surface area contributed by atoms with Crippen LogP contribution in [0.15, 0.2) is 12.5 Å². The molecule has 1 aromatic rings. The van der Waals surface area contributed by atoms with Gasteiger partial charge in [-0.05, 0) is 56.3 Å². The van der Waals surface area contributed by atoms with Crippen LogP contribution in [0.2, 0.25) is 0 Å².